The van der Waals surface area contributed by atoms with Crippen molar-refractivity contribution in [2.75, 3.05) is 13.1 Å². The molecule has 0 aliphatic carbocycles. The number of hydrogen-bond acceptors (Lipinski definition) is 4. The van der Waals surface area contributed by atoms with Gasteiger partial charge in [0.1, 0.15) is 11.5 Å². The third-order valence-corrected chi connectivity index (χ3v) is 6.67. The van der Waals surface area contributed by atoms with Crippen LogP contribution in [0.15, 0.2) is 109 Å². The molecule has 6 nitrogen and oxygen atoms in total. The van der Waals surface area contributed by atoms with E-state index in [4.69, 9.17) is 0 Å². The molecular formula is C36H32F4N2O4. The molecule has 10 heteroatoms. The first-order chi connectivity index (χ1) is 22.3. The van der Waals surface area contributed by atoms with Crippen molar-refractivity contribution >= 4 is 35.1 Å². The third kappa shape index (κ3) is 10.7. The molecule has 0 fully saturated rings. The molecule has 238 valence electrons. The number of carbonyl (C=O) groups is 2. The van der Waals surface area contributed by atoms with Crippen molar-refractivity contribution in [2.45, 2.75) is 26.1 Å². The smallest absolute Gasteiger partial charge is 0.387 e. The fourth-order valence-electron chi connectivity index (χ4n) is 4.46. The van der Waals surface area contributed by atoms with E-state index in [1.165, 1.54) is 24.3 Å². The largest absolute Gasteiger partial charge is 0.435 e. The molecule has 0 heterocycles. The van der Waals surface area contributed by atoms with E-state index in [1.807, 2.05) is 36.4 Å². The molecule has 0 aliphatic rings. The average molecular weight is 633 g/mol. The van der Waals surface area contributed by atoms with E-state index in [0.717, 1.165) is 0 Å². The second kappa shape index (κ2) is 17.2. The van der Waals surface area contributed by atoms with Crippen LogP contribution in [0.25, 0.3) is 23.3 Å². The van der Waals surface area contributed by atoms with Gasteiger partial charge in [-0.1, -0.05) is 84.9 Å². The first-order valence-corrected chi connectivity index (χ1v) is 14.5. The lowest BCUT2D eigenvalue weighted by Gasteiger charge is -2.12. The van der Waals surface area contributed by atoms with Crippen molar-refractivity contribution in [1.29, 1.82) is 0 Å². The van der Waals surface area contributed by atoms with Crippen LogP contribution < -0.4 is 20.1 Å². The summed E-state index contributed by atoms with van der Waals surface area (Å²) >= 11 is 0. The van der Waals surface area contributed by atoms with Crippen molar-refractivity contribution in [1.82, 2.24) is 10.6 Å². The Kier molecular flexibility index (Phi) is 12.5. The fourth-order valence-corrected chi connectivity index (χ4v) is 4.46. The lowest BCUT2D eigenvalue weighted by molar-refractivity contribution is -0.116. The standard InChI is InChI=1S/C36H32F4N2O4/c37-35(38)45-29-17-13-25(14-18-29)23-31(27-9-3-1-4-10-27)33(43)41-21-7-8-22-42-34(44)32(28-11-5-2-6-12-28)24-26-15-19-30(20-16-26)46-36(39)40/h1-6,9-20,23-24,35-36H,7-8,21-22H2,(H,41,43)(H,42,44)/b31-23+,32-24+. The molecule has 0 aliphatic heterocycles. The Balaban J connectivity index is 1.33. The van der Waals surface area contributed by atoms with Gasteiger partial charge < -0.3 is 20.1 Å². The number of unbranched alkanes of at least 4 members (excludes halogenated alkanes) is 1. The van der Waals surface area contributed by atoms with Gasteiger partial charge in [-0.25, -0.2) is 0 Å². The van der Waals surface area contributed by atoms with Gasteiger partial charge in [-0.2, -0.15) is 17.6 Å². The van der Waals surface area contributed by atoms with Crippen molar-refractivity contribution in [3.05, 3.63) is 131 Å². The van der Waals surface area contributed by atoms with Crippen molar-refractivity contribution < 1.29 is 36.6 Å². The van der Waals surface area contributed by atoms with Crippen molar-refractivity contribution in [2.24, 2.45) is 0 Å². The monoisotopic (exact) mass is 632 g/mol. The van der Waals surface area contributed by atoms with Crippen molar-refractivity contribution in [3.63, 3.8) is 0 Å². The molecule has 4 aromatic rings. The predicted molar refractivity (Wildman–Crippen MR) is 170 cm³/mol. The van der Waals surface area contributed by atoms with Gasteiger partial charge >= 0.3 is 13.2 Å². The summed E-state index contributed by atoms with van der Waals surface area (Å²) in [6.07, 6.45) is 4.52. The van der Waals surface area contributed by atoms with E-state index in [-0.39, 0.29) is 23.3 Å². The van der Waals surface area contributed by atoms with E-state index in [1.54, 1.807) is 60.7 Å². The molecule has 0 saturated carbocycles. The van der Waals surface area contributed by atoms with Gasteiger partial charge in [-0.15, -0.1) is 0 Å². The number of amides is 2. The molecule has 0 spiro atoms. The zero-order valence-corrected chi connectivity index (χ0v) is 24.7. The SMILES string of the molecule is O=C(NCCCCNC(=O)/C(=C/c1ccc(OC(F)F)cc1)c1ccccc1)/C(=C/c1ccc(OC(F)F)cc1)c1ccccc1. The molecular weight excluding hydrogens is 600 g/mol. The summed E-state index contributed by atoms with van der Waals surface area (Å²) in [6.45, 7) is -5.14. The van der Waals surface area contributed by atoms with Gasteiger partial charge in [0, 0.05) is 24.2 Å². The van der Waals surface area contributed by atoms with Gasteiger partial charge in [0.15, 0.2) is 0 Å². The summed E-state index contributed by atoms with van der Waals surface area (Å²) in [5.41, 5.74) is 3.47. The Labute approximate surface area is 264 Å². The molecule has 2 N–H and O–H groups in total. The Morgan fingerprint density at radius 1 is 0.543 bits per heavy atom. The van der Waals surface area contributed by atoms with Gasteiger partial charge in [0.05, 0.1) is 0 Å². The Morgan fingerprint density at radius 3 is 1.22 bits per heavy atom. The van der Waals surface area contributed by atoms with Crippen LogP contribution in [-0.4, -0.2) is 38.1 Å². The maximum atomic E-state index is 13.2. The number of ether oxygens (including phenoxy) is 2. The number of hydrogen-bond donors (Lipinski definition) is 2. The zero-order valence-electron chi connectivity index (χ0n) is 24.7. The predicted octanol–water partition coefficient (Wildman–Crippen LogP) is 7.68. The Hall–Kier alpha value is -5.38. The van der Waals surface area contributed by atoms with E-state index in [9.17, 15) is 27.2 Å². The Bertz CT molecular complexity index is 1490. The second-order valence-corrected chi connectivity index (χ2v) is 9.96. The van der Waals surface area contributed by atoms with Crippen LogP contribution in [0, 0.1) is 0 Å². The highest BCUT2D eigenvalue weighted by Gasteiger charge is 2.14. The first-order valence-electron chi connectivity index (χ1n) is 14.5. The Morgan fingerprint density at radius 2 is 0.891 bits per heavy atom. The molecule has 0 unspecified atom stereocenters. The lowest BCUT2D eigenvalue weighted by Crippen LogP contribution is -2.28. The quantitative estimate of drug-likeness (QED) is 0.0610. The van der Waals surface area contributed by atoms with Crippen LogP contribution in [-0.2, 0) is 9.59 Å². The summed E-state index contributed by atoms with van der Waals surface area (Å²) in [5, 5.41) is 5.82. The highest BCUT2D eigenvalue weighted by atomic mass is 19.3. The molecule has 0 radical (unpaired) electrons. The topological polar surface area (TPSA) is 76.7 Å². The molecule has 0 saturated heterocycles. The first kappa shape index (κ1) is 33.5. The van der Waals surface area contributed by atoms with Gasteiger partial charge in [-0.3, -0.25) is 9.59 Å². The molecule has 0 aromatic heterocycles. The lowest BCUT2D eigenvalue weighted by atomic mass is 10.0. The number of alkyl halides is 4. The molecule has 0 bridgehead atoms. The third-order valence-electron chi connectivity index (χ3n) is 6.67. The van der Waals surface area contributed by atoms with Crippen LogP contribution in [0.2, 0.25) is 0 Å². The summed E-state index contributed by atoms with van der Waals surface area (Å²) in [4.78, 5) is 26.3. The van der Waals surface area contributed by atoms with Crippen LogP contribution in [0.1, 0.15) is 35.1 Å². The van der Waals surface area contributed by atoms with Crippen LogP contribution in [0.3, 0.4) is 0 Å². The van der Waals surface area contributed by atoms with Gasteiger partial charge in [0.2, 0.25) is 0 Å². The summed E-state index contributed by atoms with van der Waals surface area (Å²) in [5.74, 6) is -0.565. The van der Waals surface area contributed by atoms with E-state index < -0.39 is 13.2 Å². The summed E-state index contributed by atoms with van der Waals surface area (Å²) in [6, 6.07) is 30.1. The zero-order chi connectivity index (χ0) is 32.7. The molecule has 4 aromatic carbocycles. The highest BCUT2D eigenvalue weighted by Crippen LogP contribution is 2.23. The van der Waals surface area contributed by atoms with Crippen LogP contribution in [0.5, 0.6) is 11.5 Å². The van der Waals surface area contributed by atoms with Crippen molar-refractivity contribution in [3.8, 4) is 11.5 Å². The van der Waals surface area contributed by atoms with E-state index in [0.29, 0.717) is 59.3 Å². The maximum absolute atomic E-state index is 13.2. The molecule has 0 atom stereocenters. The van der Waals surface area contributed by atoms with Gasteiger partial charge in [0.25, 0.3) is 11.8 Å². The highest BCUT2D eigenvalue weighted by molar-refractivity contribution is 6.24. The molecule has 4 rings (SSSR count). The summed E-state index contributed by atoms with van der Waals surface area (Å²) in [7, 11) is 0. The average Bonchev–Trinajstić information content (AvgIpc) is 3.05. The maximum Gasteiger partial charge on any atom is 0.387 e. The summed E-state index contributed by atoms with van der Waals surface area (Å²) < 4.78 is 58.7. The minimum Gasteiger partial charge on any atom is -0.435 e. The number of nitrogens with one attached hydrogen (secondary N) is 2. The van der Waals surface area contributed by atoms with Crippen LogP contribution >= 0.6 is 0 Å². The number of carbonyl (C=O) groups excluding carboxylic acids is 2. The molecule has 2 amide bonds. The van der Waals surface area contributed by atoms with E-state index in [2.05, 4.69) is 20.1 Å². The number of benzene rings is 4. The normalized spacial score (nSPS) is 11.8. The second-order valence-electron chi connectivity index (χ2n) is 9.96. The minimum absolute atomic E-state index is 0.0210. The van der Waals surface area contributed by atoms with Crippen LogP contribution in [0.4, 0.5) is 17.6 Å². The number of rotatable bonds is 15. The number of halogens is 4. The van der Waals surface area contributed by atoms with E-state index >= 15 is 0 Å². The minimum atomic E-state index is -2.93. The van der Waals surface area contributed by atoms with Gasteiger partial charge in [-0.05, 0) is 71.5 Å². The molecule has 46 heavy (non-hydrogen) atoms. The fraction of sp³-hybridized carbons (Fsp3) is 0.167.